The van der Waals surface area contributed by atoms with Gasteiger partial charge in [0.15, 0.2) is 6.29 Å². The van der Waals surface area contributed by atoms with E-state index in [1.54, 1.807) is 6.08 Å². The minimum Gasteiger partial charge on any atom is -0.394 e. The molecule has 1 amide bonds. The van der Waals surface area contributed by atoms with Crippen molar-refractivity contribution in [2.45, 2.75) is 307 Å². The van der Waals surface area contributed by atoms with Crippen molar-refractivity contribution in [2.24, 2.45) is 0 Å². The highest BCUT2D eigenvalue weighted by atomic mass is 32.3. The second kappa shape index (κ2) is 45.2. The van der Waals surface area contributed by atoms with Crippen molar-refractivity contribution in [3.63, 3.8) is 0 Å². The molecule has 1 aliphatic rings. The number of nitrogens with one attached hydrogen (secondary N) is 1. The molecule has 0 aromatic carbocycles. The van der Waals surface area contributed by atoms with Crippen LogP contribution in [0.25, 0.3) is 0 Å². The lowest BCUT2D eigenvalue weighted by atomic mass is 9.99. The van der Waals surface area contributed by atoms with E-state index in [2.05, 4.69) is 35.5 Å². The van der Waals surface area contributed by atoms with Crippen molar-refractivity contribution in [1.29, 1.82) is 0 Å². The van der Waals surface area contributed by atoms with Crippen LogP contribution in [0.4, 0.5) is 0 Å². The summed E-state index contributed by atoms with van der Waals surface area (Å²) >= 11 is 0. The van der Waals surface area contributed by atoms with Gasteiger partial charge in [0.2, 0.25) is 5.91 Å². The predicted molar refractivity (Wildman–Crippen MR) is 279 cm³/mol. The lowest BCUT2D eigenvalue weighted by molar-refractivity contribution is -0.298. The molecule has 14 heteroatoms. The summed E-state index contributed by atoms with van der Waals surface area (Å²) in [7, 11) is -5.12. The van der Waals surface area contributed by atoms with Crippen LogP contribution in [-0.4, -0.2) is 107 Å². The molecule has 1 heterocycles. The number of aliphatic hydroxyl groups is 5. The zero-order valence-corrected chi connectivity index (χ0v) is 44.6. The zero-order valence-electron chi connectivity index (χ0n) is 43.8. The average molecular weight is 1000 g/mol. The maximum Gasteiger partial charge on any atom is 0.397 e. The fraction of sp³-hybridized carbons (Fsp3) is 0.909. The molecule has 0 spiro atoms. The van der Waals surface area contributed by atoms with Gasteiger partial charge in [-0.25, -0.2) is 4.18 Å². The van der Waals surface area contributed by atoms with Crippen LogP contribution in [0.2, 0.25) is 0 Å². The summed E-state index contributed by atoms with van der Waals surface area (Å²) in [5.74, 6) is -0.703. The van der Waals surface area contributed by atoms with E-state index in [-0.39, 0.29) is 6.42 Å². The van der Waals surface area contributed by atoms with Gasteiger partial charge in [0.1, 0.15) is 30.5 Å². The van der Waals surface area contributed by atoms with E-state index >= 15 is 0 Å². The van der Waals surface area contributed by atoms with E-state index in [0.29, 0.717) is 12.8 Å². The Morgan fingerprint density at radius 3 is 1.35 bits per heavy atom. The molecule has 1 rings (SSSR count). The Bertz CT molecular complexity index is 1340. The first-order chi connectivity index (χ1) is 33.4. The van der Waals surface area contributed by atoms with Crippen molar-refractivity contribution in [1.82, 2.24) is 5.32 Å². The molecule has 0 aromatic heterocycles. The zero-order chi connectivity index (χ0) is 50.6. The minimum absolute atomic E-state index is 0.238. The van der Waals surface area contributed by atoms with E-state index in [4.69, 9.17) is 9.47 Å². The first-order valence-electron chi connectivity index (χ1n) is 28.3. The van der Waals surface area contributed by atoms with Crippen molar-refractivity contribution in [3.05, 3.63) is 24.3 Å². The molecule has 0 radical (unpaired) electrons. The molecule has 0 aliphatic carbocycles. The number of aliphatic hydroxyl groups excluding tert-OH is 5. The van der Waals surface area contributed by atoms with Gasteiger partial charge in [0.05, 0.1) is 25.4 Å². The fourth-order valence-electron chi connectivity index (χ4n) is 9.10. The summed E-state index contributed by atoms with van der Waals surface area (Å²) in [5.41, 5.74) is 0. The summed E-state index contributed by atoms with van der Waals surface area (Å²) in [4.78, 5) is 13.2. The maximum absolute atomic E-state index is 13.2. The Morgan fingerprint density at radius 2 is 0.957 bits per heavy atom. The van der Waals surface area contributed by atoms with Crippen molar-refractivity contribution >= 4 is 16.3 Å². The summed E-state index contributed by atoms with van der Waals surface area (Å²) < 4.78 is 47.7. The van der Waals surface area contributed by atoms with E-state index in [9.17, 15) is 43.3 Å². The Kier molecular flexibility index (Phi) is 42.9. The van der Waals surface area contributed by atoms with Gasteiger partial charge < -0.3 is 40.3 Å². The Morgan fingerprint density at radius 1 is 0.580 bits per heavy atom. The number of carbonyl (C=O) groups is 1. The van der Waals surface area contributed by atoms with Crippen LogP contribution in [-0.2, 0) is 28.9 Å². The molecular formula is C55H105NO12S. The summed E-state index contributed by atoms with van der Waals surface area (Å²) in [5, 5.41) is 55.5. The first kappa shape index (κ1) is 65.6. The number of carbonyl (C=O) groups excluding carboxylic acids is 1. The number of allylic oxidation sites excluding steroid dienone is 3. The minimum atomic E-state index is -5.12. The summed E-state index contributed by atoms with van der Waals surface area (Å²) in [6.07, 6.45) is 42.5. The molecule has 7 N–H and O–H groups in total. The third-order valence-electron chi connectivity index (χ3n) is 13.6. The smallest absolute Gasteiger partial charge is 0.394 e. The van der Waals surface area contributed by atoms with Crippen LogP contribution < -0.4 is 5.32 Å². The van der Waals surface area contributed by atoms with Gasteiger partial charge in [-0.05, 0) is 44.9 Å². The van der Waals surface area contributed by atoms with Gasteiger partial charge in [-0.1, -0.05) is 237 Å². The summed E-state index contributed by atoms with van der Waals surface area (Å²) in [6, 6.07) is -1.12. The monoisotopic (exact) mass is 1000 g/mol. The largest absolute Gasteiger partial charge is 0.397 e. The van der Waals surface area contributed by atoms with Gasteiger partial charge in [-0.15, -0.1) is 0 Å². The van der Waals surface area contributed by atoms with Gasteiger partial charge >= 0.3 is 10.4 Å². The van der Waals surface area contributed by atoms with Crippen molar-refractivity contribution in [2.75, 3.05) is 13.2 Å². The standard InChI is InChI=1S/C55H105NO12S/c1-3-5-7-9-11-13-15-17-19-21-23-24-25-26-28-30-32-34-36-38-40-42-44-49(59)54(62)56-47(46-66-55-52(61)53(68-69(63,64)65)51(60)50(45-57)67-55)48(58)43-41-39-37-35-33-31-29-27-22-20-18-16-14-12-10-8-6-4-2/h26,28,41,43,47-53,55,57-61H,3-25,27,29-40,42,44-46H2,1-2H3,(H,56,62)(H,63,64,65)/b28-26-,43-41+. The van der Waals surface area contributed by atoms with Crippen LogP contribution in [0, 0.1) is 0 Å². The number of unbranched alkanes of at least 4 members (excludes halogenated alkanes) is 34. The molecule has 1 saturated heterocycles. The summed E-state index contributed by atoms with van der Waals surface area (Å²) in [6.45, 7) is 3.26. The molecule has 0 bridgehead atoms. The van der Waals surface area contributed by atoms with Gasteiger partial charge in [-0.2, -0.15) is 8.42 Å². The van der Waals surface area contributed by atoms with Crippen LogP contribution in [0.5, 0.6) is 0 Å². The molecule has 69 heavy (non-hydrogen) atoms. The second-order valence-corrected chi connectivity index (χ2v) is 21.1. The normalized spacial score (nSPS) is 20.3. The highest BCUT2D eigenvalue weighted by Crippen LogP contribution is 2.26. The third-order valence-corrected chi connectivity index (χ3v) is 14.0. The second-order valence-electron chi connectivity index (χ2n) is 20.0. The predicted octanol–water partition coefficient (Wildman–Crippen LogP) is 11.8. The van der Waals surface area contributed by atoms with Crippen molar-refractivity contribution < 1.29 is 57.0 Å². The van der Waals surface area contributed by atoms with E-state index in [1.165, 1.54) is 167 Å². The topological polar surface area (TPSA) is 212 Å². The molecule has 1 aliphatic heterocycles. The Hall–Kier alpha value is -1.46. The van der Waals surface area contributed by atoms with E-state index < -0.39 is 78.5 Å². The number of amides is 1. The highest BCUT2D eigenvalue weighted by molar-refractivity contribution is 7.80. The Balaban J connectivity index is 2.45. The molecule has 8 atom stereocenters. The third kappa shape index (κ3) is 37.0. The average Bonchev–Trinajstić information content (AvgIpc) is 3.32. The van der Waals surface area contributed by atoms with Crippen LogP contribution >= 0.6 is 0 Å². The molecule has 1 fully saturated rings. The SMILES string of the molecule is CCCCCCCCCCCCCC/C=C\CCCCCCCCC(O)C(=O)NC(COC1OC(CO)C(O)C(OS(=O)(=O)O)C1O)C(O)/C=C/CCCCCCCCCCCCCCCCCC. The molecular weight excluding hydrogens is 899 g/mol. The fourth-order valence-corrected chi connectivity index (χ4v) is 9.61. The Labute approximate surface area is 421 Å². The van der Waals surface area contributed by atoms with Crippen LogP contribution in [0.1, 0.15) is 258 Å². The van der Waals surface area contributed by atoms with Gasteiger partial charge in [0, 0.05) is 0 Å². The molecule has 0 saturated carbocycles. The highest BCUT2D eigenvalue weighted by Gasteiger charge is 2.48. The quantitative estimate of drug-likeness (QED) is 0.0172. The van der Waals surface area contributed by atoms with Gasteiger partial charge in [-0.3, -0.25) is 9.35 Å². The lowest BCUT2D eigenvalue weighted by Gasteiger charge is -2.41. The number of hydrogen-bond acceptors (Lipinski definition) is 11. The van der Waals surface area contributed by atoms with Crippen molar-refractivity contribution in [3.8, 4) is 0 Å². The van der Waals surface area contributed by atoms with Gasteiger partial charge in [0.25, 0.3) is 0 Å². The van der Waals surface area contributed by atoms with Crippen LogP contribution in [0.3, 0.4) is 0 Å². The molecule has 13 nitrogen and oxygen atoms in total. The molecule has 408 valence electrons. The van der Waals surface area contributed by atoms with E-state index in [1.807, 2.05) is 6.08 Å². The van der Waals surface area contributed by atoms with Crippen LogP contribution in [0.15, 0.2) is 24.3 Å². The number of hydrogen-bond donors (Lipinski definition) is 7. The molecule has 8 unspecified atom stereocenters. The lowest BCUT2D eigenvalue weighted by Crippen LogP contribution is -2.61. The maximum atomic E-state index is 13.2. The van der Waals surface area contributed by atoms with E-state index in [0.717, 1.165) is 57.8 Å². The number of rotatable bonds is 49. The molecule has 0 aromatic rings. The number of ether oxygens (including phenoxy) is 2. The first-order valence-corrected chi connectivity index (χ1v) is 29.7.